The van der Waals surface area contributed by atoms with Gasteiger partial charge in [0.05, 0.1) is 5.52 Å². The number of nitrogen functional groups attached to an aromatic ring is 1. The molecule has 0 aliphatic rings. The van der Waals surface area contributed by atoms with Gasteiger partial charge in [0.15, 0.2) is 5.82 Å². The summed E-state index contributed by atoms with van der Waals surface area (Å²) < 4.78 is 1.76. The number of nitrogens with zero attached hydrogens (tertiary/aromatic N) is 3. The van der Waals surface area contributed by atoms with Gasteiger partial charge >= 0.3 is 0 Å². The molecule has 0 amide bonds. The van der Waals surface area contributed by atoms with Crippen LogP contribution in [0.4, 0.5) is 5.82 Å². The van der Waals surface area contributed by atoms with Crippen molar-refractivity contribution in [2.75, 3.05) is 5.73 Å². The van der Waals surface area contributed by atoms with Crippen molar-refractivity contribution in [3.63, 3.8) is 0 Å². The molecular weight excluding hydrogens is 252 g/mol. The molecule has 0 radical (unpaired) electrons. The van der Waals surface area contributed by atoms with E-state index in [4.69, 9.17) is 10.6 Å². The third-order valence-electron chi connectivity index (χ3n) is 3.00. The molecule has 104 valence electrons. The molecule has 3 aromatic rings. The molecule has 0 saturated heterocycles. The predicted molar refractivity (Wildman–Crippen MR) is 80.5 cm³/mol. The van der Waals surface area contributed by atoms with Crippen LogP contribution in [0.2, 0.25) is 0 Å². The first-order valence-electron chi connectivity index (χ1n) is 6.59. The van der Waals surface area contributed by atoms with Crippen molar-refractivity contribution < 1.29 is 4.84 Å². The van der Waals surface area contributed by atoms with E-state index in [2.05, 4.69) is 9.97 Å². The number of pyridine rings is 1. The van der Waals surface area contributed by atoms with E-state index < -0.39 is 0 Å². The lowest BCUT2D eigenvalue weighted by Crippen LogP contribution is -2.31. The van der Waals surface area contributed by atoms with Crippen LogP contribution in [0.25, 0.3) is 21.9 Å². The number of imidazole rings is 1. The van der Waals surface area contributed by atoms with Gasteiger partial charge in [-0.1, -0.05) is 18.2 Å². The smallest absolute Gasteiger partial charge is 0.152 e. The Morgan fingerprint density at radius 1 is 1.15 bits per heavy atom. The Balaban J connectivity index is 2.42. The van der Waals surface area contributed by atoms with Crippen molar-refractivity contribution in [2.24, 2.45) is 0 Å². The summed E-state index contributed by atoms with van der Waals surface area (Å²) in [5, 5.41) is 0.988. The fourth-order valence-electron chi connectivity index (χ4n) is 2.27. The summed E-state index contributed by atoms with van der Waals surface area (Å²) in [5.41, 5.74) is 8.11. The molecule has 0 bridgehead atoms. The van der Waals surface area contributed by atoms with E-state index in [1.807, 2.05) is 52.0 Å². The Labute approximate surface area is 117 Å². The molecule has 5 heteroatoms. The van der Waals surface area contributed by atoms with Gasteiger partial charge in [0.25, 0.3) is 0 Å². The fourth-order valence-corrected chi connectivity index (χ4v) is 2.27. The molecule has 0 unspecified atom stereocenters. The number of para-hydroxylation sites is 1. The normalized spacial score (nSPS) is 12.2. The summed E-state index contributed by atoms with van der Waals surface area (Å²) in [5.74, 6) is 1.19. The Morgan fingerprint density at radius 3 is 2.55 bits per heavy atom. The molecule has 0 saturated carbocycles. The Bertz CT molecular complexity index is 799. The maximum absolute atomic E-state index is 6.03. The van der Waals surface area contributed by atoms with Crippen LogP contribution in [0.3, 0.4) is 0 Å². The molecule has 0 aliphatic carbocycles. The summed E-state index contributed by atoms with van der Waals surface area (Å²) in [7, 11) is 0. The molecule has 0 aliphatic heterocycles. The molecule has 3 rings (SSSR count). The number of aromatic nitrogens is 3. The molecule has 1 aromatic carbocycles. The second kappa shape index (κ2) is 4.10. The van der Waals surface area contributed by atoms with Gasteiger partial charge in [0.2, 0.25) is 0 Å². The lowest BCUT2D eigenvalue weighted by Gasteiger charge is -2.22. The number of fused-ring (bicyclic) bond motifs is 3. The number of hydrogen-bond donors (Lipinski definition) is 1. The van der Waals surface area contributed by atoms with Crippen LogP contribution in [-0.2, 0) is 0 Å². The second-order valence-electron chi connectivity index (χ2n) is 5.87. The SMILES string of the molecule is Cc1nc2c(N)nc3ccccc3c2n1OC(C)(C)C. The molecule has 0 spiro atoms. The largest absolute Gasteiger partial charge is 0.406 e. The van der Waals surface area contributed by atoms with E-state index in [1.165, 1.54) is 0 Å². The number of anilines is 1. The van der Waals surface area contributed by atoms with Crippen LogP contribution < -0.4 is 10.6 Å². The number of hydrogen-bond acceptors (Lipinski definition) is 4. The van der Waals surface area contributed by atoms with Gasteiger partial charge in [-0.3, -0.25) is 0 Å². The van der Waals surface area contributed by atoms with Crippen molar-refractivity contribution >= 4 is 27.8 Å². The van der Waals surface area contributed by atoms with E-state index in [0.29, 0.717) is 11.3 Å². The van der Waals surface area contributed by atoms with E-state index in [-0.39, 0.29) is 5.60 Å². The third-order valence-corrected chi connectivity index (χ3v) is 3.00. The van der Waals surface area contributed by atoms with Gasteiger partial charge in [-0.05, 0) is 33.8 Å². The minimum atomic E-state index is -0.322. The zero-order valence-corrected chi connectivity index (χ0v) is 12.1. The summed E-state index contributed by atoms with van der Waals surface area (Å²) in [4.78, 5) is 14.9. The van der Waals surface area contributed by atoms with Crippen molar-refractivity contribution in [1.29, 1.82) is 0 Å². The highest BCUT2D eigenvalue weighted by Crippen LogP contribution is 2.28. The number of benzene rings is 1. The number of aryl methyl sites for hydroxylation is 1. The lowest BCUT2D eigenvalue weighted by molar-refractivity contribution is -0.0116. The van der Waals surface area contributed by atoms with Gasteiger partial charge in [0, 0.05) is 5.39 Å². The van der Waals surface area contributed by atoms with Gasteiger partial charge in [-0.25, -0.2) is 9.97 Å². The number of nitrogens with two attached hydrogens (primary N) is 1. The van der Waals surface area contributed by atoms with E-state index in [0.717, 1.165) is 22.2 Å². The van der Waals surface area contributed by atoms with Crippen LogP contribution in [0.1, 0.15) is 26.6 Å². The molecule has 5 nitrogen and oxygen atoms in total. The highest BCUT2D eigenvalue weighted by atomic mass is 16.7. The summed E-state index contributed by atoms with van der Waals surface area (Å²) in [6.07, 6.45) is 0. The Morgan fingerprint density at radius 2 is 1.85 bits per heavy atom. The Hall–Kier alpha value is -2.30. The standard InChI is InChI=1S/C15H18N4O/c1-9-17-12-13(19(9)20-15(2,3)4)10-7-5-6-8-11(10)18-14(12)16/h5-8H,1-4H3,(H2,16,18). The first-order valence-corrected chi connectivity index (χ1v) is 6.59. The predicted octanol–water partition coefficient (Wildman–Crippen LogP) is 2.70. The molecule has 2 N–H and O–H groups in total. The topological polar surface area (TPSA) is 66.0 Å². The van der Waals surface area contributed by atoms with Crippen LogP contribution in [0.15, 0.2) is 24.3 Å². The first kappa shape index (κ1) is 12.7. The van der Waals surface area contributed by atoms with Crippen molar-refractivity contribution in [2.45, 2.75) is 33.3 Å². The highest BCUT2D eigenvalue weighted by molar-refractivity contribution is 6.06. The van der Waals surface area contributed by atoms with Crippen LogP contribution >= 0.6 is 0 Å². The number of rotatable bonds is 1. The summed E-state index contributed by atoms with van der Waals surface area (Å²) in [6.45, 7) is 7.92. The zero-order valence-electron chi connectivity index (χ0n) is 12.1. The van der Waals surface area contributed by atoms with Gasteiger partial charge in [-0.2, -0.15) is 4.73 Å². The molecule has 0 atom stereocenters. The minimum Gasteiger partial charge on any atom is -0.406 e. The molecule has 0 fully saturated rings. The summed E-state index contributed by atoms with van der Waals surface area (Å²) >= 11 is 0. The quantitative estimate of drug-likeness (QED) is 0.738. The lowest BCUT2D eigenvalue weighted by atomic mass is 10.2. The summed E-state index contributed by atoms with van der Waals surface area (Å²) in [6, 6.07) is 7.87. The van der Waals surface area contributed by atoms with E-state index in [9.17, 15) is 0 Å². The van der Waals surface area contributed by atoms with Crippen LogP contribution in [0, 0.1) is 6.92 Å². The van der Waals surface area contributed by atoms with Crippen molar-refractivity contribution in [1.82, 2.24) is 14.7 Å². The maximum Gasteiger partial charge on any atom is 0.152 e. The molecule has 2 aromatic heterocycles. The monoisotopic (exact) mass is 270 g/mol. The third kappa shape index (κ3) is 1.95. The maximum atomic E-state index is 6.03. The second-order valence-corrected chi connectivity index (χ2v) is 5.87. The van der Waals surface area contributed by atoms with Crippen molar-refractivity contribution in [3.8, 4) is 0 Å². The first-order chi connectivity index (χ1) is 9.37. The van der Waals surface area contributed by atoms with Gasteiger partial charge in [0.1, 0.15) is 22.5 Å². The molecule has 2 heterocycles. The van der Waals surface area contributed by atoms with Crippen molar-refractivity contribution in [3.05, 3.63) is 30.1 Å². The zero-order chi connectivity index (χ0) is 14.5. The highest BCUT2D eigenvalue weighted by Gasteiger charge is 2.20. The van der Waals surface area contributed by atoms with Crippen LogP contribution in [-0.4, -0.2) is 20.3 Å². The fraction of sp³-hybridized carbons (Fsp3) is 0.333. The molecular formula is C15H18N4O. The average Bonchev–Trinajstić information content (AvgIpc) is 2.66. The minimum absolute atomic E-state index is 0.322. The van der Waals surface area contributed by atoms with Gasteiger partial charge < -0.3 is 10.6 Å². The van der Waals surface area contributed by atoms with Crippen LogP contribution in [0.5, 0.6) is 0 Å². The van der Waals surface area contributed by atoms with Gasteiger partial charge in [-0.15, -0.1) is 0 Å². The molecule has 20 heavy (non-hydrogen) atoms. The average molecular weight is 270 g/mol. The van der Waals surface area contributed by atoms with E-state index in [1.54, 1.807) is 4.73 Å². The Kier molecular flexibility index (Phi) is 2.61. The van der Waals surface area contributed by atoms with E-state index >= 15 is 0 Å².